The number of amides is 4. The Labute approximate surface area is 758 Å². The summed E-state index contributed by atoms with van der Waals surface area (Å²) < 4.78 is 53.3. The van der Waals surface area contributed by atoms with Gasteiger partial charge in [-0.15, -0.1) is 0 Å². The topological polar surface area (TPSA) is 659 Å². The van der Waals surface area contributed by atoms with E-state index in [1.165, 1.54) is 30.5 Å². The van der Waals surface area contributed by atoms with Crippen LogP contribution in [0.15, 0.2) is 40.2 Å². The first-order valence-electron chi connectivity index (χ1n) is 43.9. The minimum Gasteiger partial charge on any atom is -0.481 e. The molecule has 42 nitrogen and oxygen atoms in total. The van der Waals surface area contributed by atoms with Crippen LogP contribution in [0.3, 0.4) is 0 Å². The van der Waals surface area contributed by atoms with Crippen molar-refractivity contribution in [2.24, 2.45) is 75.6 Å². The number of H-pyrrole nitrogens is 1. The number of nitrogens with zero attached hydrogens (tertiary/aromatic N) is 4. The van der Waals surface area contributed by atoms with E-state index in [0.717, 1.165) is 34.4 Å². The molecule has 9 rings (SSSR count). The molecule has 25 atom stereocenters. The number of anilines is 2. The fraction of sp³-hybridized carbons (Fsp3) is 0.698. The van der Waals surface area contributed by atoms with Gasteiger partial charge < -0.3 is 117 Å². The molecule has 8 heterocycles. The van der Waals surface area contributed by atoms with Gasteiger partial charge in [-0.2, -0.15) is 4.98 Å². The van der Waals surface area contributed by atoms with Crippen LogP contribution in [0.25, 0.3) is 11.2 Å². The molecular formula is C86H125N13O29S2. The smallest absolute Gasteiger partial charge is 0.407 e. The highest BCUT2D eigenvalue weighted by Gasteiger charge is 2.65. The number of hydrogen-bond acceptors (Lipinski definition) is 31. The van der Waals surface area contributed by atoms with E-state index in [4.69, 9.17) is 55.1 Å². The number of ketones is 3. The quantitative estimate of drug-likeness (QED) is 0.0154. The van der Waals surface area contributed by atoms with Gasteiger partial charge in [-0.25, -0.2) is 19.6 Å². The lowest BCUT2D eigenvalue weighted by molar-refractivity contribution is -0.353. The Morgan fingerprint density at radius 1 is 0.692 bits per heavy atom. The molecule has 2 aromatic heterocycles. The lowest BCUT2D eigenvalue weighted by Gasteiger charge is -2.50. The predicted octanol–water partition coefficient (Wildman–Crippen LogP) is 4.96. The van der Waals surface area contributed by atoms with E-state index >= 15 is 0 Å². The van der Waals surface area contributed by atoms with Crippen LogP contribution in [0, 0.1) is 59.2 Å². The highest BCUT2D eigenvalue weighted by molar-refractivity contribution is 8.76. The first-order valence-corrected chi connectivity index (χ1v) is 46.4. The van der Waals surface area contributed by atoms with Gasteiger partial charge in [0.1, 0.15) is 18.4 Å². The molecule has 0 bridgehead atoms. The van der Waals surface area contributed by atoms with Gasteiger partial charge in [-0.3, -0.25) is 67.5 Å². The lowest BCUT2D eigenvalue weighted by atomic mass is 9.78. The Balaban J connectivity index is 0.719. The van der Waals surface area contributed by atoms with Gasteiger partial charge in [0.25, 0.3) is 11.5 Å². The largest absolute Gasteiger partial charge is 0.481 e. The van der Waals surface area contributed by atoms with E-state index in [0.29, 0.717) is 56.3 Å². The highest BCUT2D eigenvalue weighted by Crippen LogP contribution is 2.57. The van der Waals surface area contributed by atoms with Crippen molar-refractivity contribution in [1.29, 1.82) is 0 Å². The van der Waals surface area contributed by atoms with Crippen molar-refractivity contribution in [3.63, 3.8) is 0 Å². The number of aromatic nitrogens is 4. The molecule has 19 N–H and O–H groups in total. The van der Waals surface area contributed by atoms with Crippen molar-refractivity contribution >= 4 is 127 Å². The number of carbonyl (C=O) groups is 13. The molecule has 6 saturated heterocycles. The Morgan fingerprint density at radius 2 is 1.35 bits per heavy atom. The Morgan fingerprint density at radius 3 is 2.00 bits per heavy atom. The summed E-state index contributed by atoms with van der Waals surface area (Å²) in [5.74, 6) is -25.2. The number of carbonyl (C=O) groups excluding carboxylic acids is 7. The SMILES string of the molecule is CO[C@@H]1C[C@@H](C[C@H]2CC[C@H](C)C([C@@H](C)C(=O)O)O2)O[C@]2(O[C@@](C)(C3CC[C@@](C)([C@@H]4O[C@@H]([C@@H]5O[C@@](O)(COC(=O)NCCSSC[C@H](CC(=O)[C@H](CC(=O)O)NC(=O)[C@H](CC(=O)O)CC(=O)[C@H](CCCN=C(N)N)NC(=O)[C@H](CC(=O)O)CC(=O)CC[C@H](NC(=O)c6ccc(NCc7cnc8nc(N)[nH]c(=O)c8n7)cc6)C(=O)O)C(=O)O)[C@H](C)C[C@@H]5C)C[C@@H]4C)O3)C[C@H]2C)[C@@H]1C. The number of carboxylic acids is 6. The lowest BCUT2D eigenvalue weighted by Crippen LogP contribution is -2.58. The van der Waals surface area contributed by atoms with Crippen LogP contribution in [-0.4, -0.2) is 267 Å². The van der Waals surface area contributed by atoms with Crippen LogP contribution in [0.1, 0.15) is 200 Å². The third-order valence-corrected chi connectivity index (χ3v) is 28.4. The van der Waals surface area contributed by atoms with E-state index < -0.39 is 229 Å². The van der Waals surface area contributed by atoms with Crippen molar-refractivity contribution in [2.45, 2.75) is 281 Å². The Bertz CT molecular complexity index is 4650. The Hall–Kier alpha value is -9.80. The third-order valence-electron chi connectivity index (χ3n) is 25.9. The number of aliphatic imine (C=N–C) groups is 1. The van der Waals surface area contributed by atoms with E-state index in [-0.39, 0.29) is 133 Å². The molecule has 720 valence electrons. The summed E-state index contributed by atoms with van der Waals surface area (Å²) in [5.41, 5.74) is 15.3. The van der Waals surface area contributed by atoms with Crippen LogP contribution in [0.2, 0.25) is 0 Å². The van der Waals surface area contributed by atoms with Gasteiger partial charge in [0.05, 0.1) is 133 Å². The summed E-state index contributed by atoms with van der Waals surface area (Å²) in [7, 11) is 3.78. The van der Waals surface area contributed by atoms with Gasteiger partial charge >= 0.3 is 41.9 Å². The minimum atomic E-state index is -1.98. The zero-order chi connectivity index (χ0) is 95.6. The number of nitrogens with one attached hydrogen (secondary N) is 6. The van der Waals surface area contributed by atoms with Crippen molar-refractivity contribution in [3.8, 4) is 0 Å². The zero-order valence-corrected chi connectivity index (χ0v) is 76.3. The van der Waals surface area contributed by atoms with Crippen LogP contribution in [-0.2, 0) is 97.2 Å². The number of aliphatic hydroxyl groups is 1. The van der Waals surface area contributed by atoms with E-state index in [9.17, 15) is 103 Å². The average Bonchev–Trinajstić information content (AvgIpc) is 1.56. The molecule has 0 aliphatic carbocycles. The summed E-state index contributed by atoms with van der Waals surface area (Å²) in [5, 5.41) is 84.4. The molecule has 2 unspecified atom stereocenters. The monoisotopic (exact) mass is 1870 g/mol. The van der Waals surface area contributed by atoms with Crippen LogP contribution >= 0.6 is 21.6 Å². The van der Waals surface area contributed by atoms with Gasteiger partial charge in [0.2, 0.25) is 23.5 Å². The first-order chi connectivity index (χ1) is 61.2. The number of ether oxygens (including phenoxy) is 8. The molecule has 1 aromatic carbocycles. The van der Waals surface area contributed by atoms with Gasteiger partial charge in [0, 0.05) is 99.2 Å². The van der Waals surface area contributed by atoms with Gasteiger partial charge in [0.15, 0.2) is 34.5 Å². The van der Waals surface area contributed by atoms with E-state index in [2.05, 4.69) is 86.1 Å². The second kappa shape index (κ2) is 46.0. The summed E-state index contributed by atoms with van der Waals surface area (Å²) in [4.78, 5) is 201. The second-order valence-corrected chi connectivity index (χ2v) is 38.7. The van der Waals surface area contributed by atoms with Crippen molar-refractivity contribution in [1.82, 2.24) is 41.2 Å². The summed E-state index contributed by atoms with van der Waals surface area (Å²) in [6, 6.07) is 0.364. The molecule has 3 aromatic rings. The number of rotatable bonds is 48. The number of hydrogen-bond donors (Lipinski definition) is 16. The van der Waals surface area contributed by atoms with E-state index in [1.807, 2.05) is 13.8 Å². The van der Waals surface area contributed by atoms with Gasteiger partial charge in [-0.05, 0) is 127 Å². The Kier molecular flexibility index (Phi) is 36.8. The number of methoxy groups -OCH3 is 1. The standard InChI is InChI=1S/C86H125N13O29S2/c1-41-13-19-55(123-69(41)46(6)77(113)114)33-56-34-62(121-10)47(7)86(125-56)45(5)36-84(9,128-86)64-21-22-83(8,126-64)71-43(3)27-63(124-71)70-42(2)26-44(4)85(120,127-70)40-122-82(119)91-24-25-129-130-39-51(78(115)116)30-61(102)59(35-67(107)108)97-75(111)50(32-66(105)106)29-60(101)57(12-11-23-90-80(87)88)95-74(110)49(31-65(103)104)28-54(100)18-20-58(79(117)118)96-73(109)48-14-16-52(17-15-48)92-37-53-38-93-72-68(94-53)76(112)99-81(89)98-72/h14-17,38,41-47,49-51,55-59,62-64,69-71,92,120H,11-13,18-37,39-40H2,1-10H3,(H,91,119)(H,95,110)(H,96,109)(H,97,111)(H,103,104)(H,105,106)(H,107,108)(H,113,114)(H,115,116)(H,117,118)(H4,87,88,90)(H3,89,93,98,99,112)/t41-,42-,43-,44+,45+,46+,47+,49-,50-,51-,55+,56+,57-,58-,59-,62+,63+,64?,69?,70+,71+,83-,84+,85-,86+/m0/s1. The van der Waals surface area contributed by atoms with Crippen LogP contribution < -0.4 is 49.3 Å². The van der Waals surface area contributed by atoms with Crippen molar-refractivity contribution < 1.29 is 136 Å². The average molecular weight is 1870 g/mol. The maximum atomic E-state index is 14.3. The number of nitrogens with two attached hydrogens (primary N) is 3. The van der Waals surface area contributed by atoms with Crippen LogP contribution in [0.5, 0.6) is 0 Å². The number of guanidine groups is 1. The number of alkyl carbamates (subject to hydrolysis) is 1. The van der Waals surface area contributed by atoms with Crippen molar-refractivity contribution in [3.05, 3.63) is 52.1 Å². The maximum absolute atomic E-state index is 14.3. The number of aliphatic carboxylic acids is 6. The molecule has 6 aliphatic rings. The molecule has 6 fully saturated rings. The number of fused-ring (bicyclic) bond motifs is 1. The normalized spacial score (nSPS) is 29.4. The molecule has 0 saturated carbocycles. The van der Waals surface area contributed by atoms with Crippen LogP contribution in [0.4, 0.5) is 16.4 Å². The molecule has 4 amide bonds. The third kappa shape index (κ3) is 27.7. The molecular weight excluding hydrogens is 1740 g/mol. The number of carboxylic acid groups (broad SMARTS) is 6. The number of aromatic amines is 1. The minimum absolute atomic E-state index is 0.00115. The highest BCUT2D eigenvalue weighted by atomic mass is 33.1. The van der Waals surface area contributed by atoms with E-state index in [1.54, 1.807) is 21.0 Å². The molecule has 44 heteroatoms. The second-order valence-electron chi connectivity index (χ2n) is 36.0. The molecule has 1 spiro atoms. The summed E-state index contributed by atoms with van der Waals surface area (Å²) in [6.45, 7) is 17.5. The number of nitrogen functional groups attached to an aromatic ring is 1. The zero-order valence-electron chi connectivity index (χ0n) is 74.6. The van der Waals surface area contributed by atoms with Crippen molar-refractivity contribution in [2.75, 3.05) is 49.4 Å². The molecule has 6 aliphatic heterocycles. The molecule has 0 radical (unpaired) electrons. The number of benzene rings is 1. The number of Topliss-reactive ketones (excluding diaryl/α,β-unsaturated/α-hetero) is 3. The predicted molar refractivity (Wildman–Crippen MR) is 468 cm³/mol. The van der Waals surface area contributed by atoms with Gasteiger partial charge in [-0.1, -0.05) is 63.1 Å². The molecule has 130 heavy (non-hydrogen) atoms. The fourth-order valence-corrected chi connectivity index (χ4v) is 21.0. The summed E-state index contributed by atoms with van der Waals surface area (Å²) in [6.07, 6.45) is -3.90. The fourth-order valence-electron chi connectivity index (χ4n) is 18.8. The maximum Gasteiger partial charge on any atom is 0.407 e. The first kappa shape index (κ1) is 104. The summed E-state index contributed by atoms with van der Waals surface area (Å²) >= 11 is 0.